The lowest BCUT2D eigenvalue weighted by Crippen LogP contribution is -2.27. The van der Waals surface area contributed by atoms with Crippen LogP contribution < -0.4 is 10.9 Å². The van der Waals surface area contributed by atoms with Crippen LogP contribution in [0.3, 0.4) is 0 Å². The molecule has 0 heterocycles. The van der Waals surface area contributed by atoms with Gasteiger partial charge in [-0.2, -0.15) is 0 Å². The van der Waals surface area contributed by atoms with Crippen LogP contribution in [0.2, 0.25) is 0 Å². The largest absolute Gasteiger partial charge is 0.321 e. The monoisotopic (exact) mass is 196 g/mol. The molecule has 0 amide bonds. The Morgan fingerprint density at radius 2 is 1.91 bits per heavy atom. The Bertz CT molecular complexity index is 270. The summed E-state index contributed by atoms with van der Waals surface area (Å²) in [4.78, 5) is -0.242. The zero-order valence-electron chi connectivity index (χ0n) is 6.02. The van der Waals surface area contributed by atoms with Crippen molar-refractivity contribution in [3.05, 3.63) is 23.8 Å². The molecule has 11 heavy (non-hydrogen) atoms. The van der Waals surface area contributed by atoms with Gasteiger partial charge in [-0.1, -0.05) is 13.2 Å². The third-order valence-corrected chi connectivity index (χ3v) is 2.30. The van der Waals surface area contributed by atoms with Gasteiger partial charge in [0.05, 0.1) is 10.6 Å². The fourth-order valence-electron chi connectivity index (χ4n) is 0.368. The molecular weight excluding hydrogens is 188 g/mol. The lowest BCUT2D eigenvalue weighted by atomic mass is 10.5. The second-order valence-electron chi connectivity index (χ2n) is 1.71. The minimum Gasteiger partial charge on any atom is -0.321 e. The van der Waals surface area contributed by atoms with Gasteiger partial charge < -0.3 is 5.43 Å². The first-order chi connectivity index (χ1) is 4.89. The fraction of sp³-hybridized carbons (Fsp3) is 0.200. The van der Waals surface area contributed by atoms with E-state index in [4.69, 9.17) is 10.7 Å². The van der Waals surface area contributed by atoms with E-state index in [1.54, 1.807) is 7.05 Å². The van der Waals surface area contributed by atoms with Crippen molar-refractivity contribution in [1.82, 2.24) is 10.9 Å². The van der Waals surface area contributed by atoms with E-state index in [9.17, 15) is 8.42 Å². The van der Waals surface area contributed by atoms with Gasteiger partial charge in [0.2, 0.25) is 0 Å². The van der Waals surface area contributed by atoms with Gasteiger partial charge in [-0.05, 0) is 0 Å². The zero-order chi connectivity index (χ0) is 9.07. The Morgan fingerprint density at radius 3 is 2.18 bits per heavy atom. The average molecular weight is 197 g/mol. The molecule has 0 bridgehead atoms. The number of nitrogens with one attached hydrogen (secondary N) is 2. The van der Waals surface area contributed by atoms with Crippen molar-refractivity contribution >= 4 is 19.7 Å². The van der Waals surface area contributed by atoms with E-state index >= 15 is 0 Å². The highest BCUT2D eigenvalue weighted by Gasteiger charge is 2.13. The fourth-order valence-corrected chi connectivity index (χ4v) is 0.992. The highest BCUT2D eigenvalue weighted by atomic mass is 35.7. The van der Waals surface area contributed by atoms with Crippen molar-refractivity contribution in [1.29, 1.82) is 0 Å². The standard InChI is InChI=1S/C5H9ClN2O2S/c1-4(8-7-3)5(2)11(6,9)10/h7-8H,1-2H2,3H3. The second-order valence-corrected chi connectivity index (χ2v) is 4.30. The molecule has 0 unspecified atom stereocenters. The van der Waals surface area contributed by atoms with Crippen LogP contribution in [0.15, 0.2) is 23.8 Å². The van der Waals surface area contributed by atoms with Gasteiger partial charge in [-0.3, -0.25) is 0 Å². The van der Waals surface area contributed by atoms with E-state index in [2.05, 4.69) is 24.0 Å². The number of hydrogen-bond acceptors (Lipinski definition) is 4. The highest BCUT2D eigenvalue weighted by molar-refractivity contribution is 8.17. The maximum Gasteiger partial charge on any atom is 0.262 e. The molecule has 0 saturated heterocycles. The molecule has 0 aromatic rings. The molecule has 6 heteroatoms. The van der Waals surface area contributed by atoms with Crippen molar-refractivity contribution in [3.63, 3.8) is 0 Å². The van der Waals surface area contributed by atoms with Crippen LogP contribution >= 0.6 is 10.7 Å². The SMILES string of the molecule is C=C(NNC)C(=C)S(=O)(=O)Cl. The number of rotatable bonds is 4. The molecule has 0 aliphatic rings. The number of hydrazine groups is 1. The van der Waals surface area contributed by atoms with Gasteiger partial charge in [0, 0.05) is 17.7 Å². The van der Waals surface area contributed by atoms with Crippen LogP contribution in [0.5, 0.6) is 0 Å². The first-order valence-electron chi connectivity index (χ1n) is 2.65. The topological polar surface area (TPSA) is 58.2 Å². The molecule has 0 aromatic carbocycles. The predicted molar refractivity (Wildman–Crippen MR) is 45.2 cm³/mol. The molecule has 0 spiro atoms. The van der Waals surface area contributed by atoms with Crippen LogP contribution in [0, 0.1) is 0 Å². The Kier molecular flexibility index (Phi) is 3.57. The summed E-state index contributed by atoms with van der Waals surface area (Å²) in [5.74, 6) is 0. The second kappa shape index (κ2) is 3.75. The lowest BCUT2D eigenvalue weighted by Gasteiger charge is -2.06. The first-order valence-corrected chi connectivity index (χ1v) is 4.96. The Hall–Kier alpha value is -0.520. The predicted octanol–water partition coefficient (Wildman–Crippen LogP) is 0.306. The van der Waals surface area contributed by atoms with Gasteiger partial charge in [-0.15, -0.1) is 0 Å². The Labute approximate surface area is 70.3 Å². The third kappa shape index (κ3) is 3.41. The van der Waals surface area contributed by atoms with E-state index in [1.165, 1.54) is 0 Å². The molecule has 0 fully saturated rings. The molecule has 0 atom stereocenters. The summed E-state index contributed by atoms with van der Waals surface area (Å²) in [5, 5.41) is 0. The van der Waals surface area contributed by atoms with Gasteiger partial charge in [0.15, 0.2) is 0 Å². The summed E-state index contributed by atoms with van der Waals surface area (Å²) < 4.78 is 21.2. The lowest BCUT2D eigenvalue weighted by molar-refractivity contribution is 0.613. The molecule has 0 radical (unpaired) electrons. The molecular formula is C5H9ClN2O2S. The molecule has 64 valence electrons. The summed E-state index contributed by atoms with van der Waals surface area (Å²) >= 11 is 0. The Morgan fingerprint density at radius 1 is 1.45 bits per heavy atom. The first kappa shape index (κ1) is 10.5. The summed E-state index contributed by atoms with van der Waals surface area (Å²) in [6.07, 6.45) is 0. The Balaban J connectivity index is 4.41. The minimum absolute atomic E-state index is 0.127. The van der Waals surface area contributed by atoms with Crippen LogP contribution in [-0.2, 0) is 9.05 Å². The van der Waals surface area contributed by atoms with Crippen molar-refractivity contribution < 1.29 is 8.42 Å². The summed E-state index contributed by atoms with van der Waals surface area (Å²) in [6.45, 7) is 6.60. The zero-order valence-corrected chi connectivity index (χ0v) is 7.59. The number of hydrogen-bond donors (Lipinski definition) is 2. The van der Waals surface area contributed by atoms with Gasteiger partial charge >= 0.3 is 0 Å². The molecule has 0 aliphatic heterocycles. The molecule has 0 aromatic heterocycles. The van der Waals surface area contributed by atoms with Crippen LogP contribution in [0.25, 0.3) is 0 Å². The normalized spacial score (nSPS) is 10.7. The minimum atomic E-state index is -3.75. The van der Waals surface area contributed by atoms with Crippen LogP contribution in [-0.4, -0.2) is 15.5 Å². The van der Waals surface area contributed by atoms with Crippen molar-refractivity contribution in [3.8, 4) is 0 Å². The summed E-state index contributed by atoms with van der Waals surface area (Å²) in [6, 6.07) is 0. The maximum atomic E-state index is 10.6. The van der Waals surface area contributed by atoms with E-state index in [0.717, 1.165) is 0 Å². The van der Waals surface area contributed by atoms with E-state index in [1.807, 2.05) is 0 Å². The van der Waals surface area contributed by atoms with Crippen LogP contribution in [0.1, 0.15) is 0 Å². The van der Waals surface area contributed by atoms with Gasteiger partial charge in [-0.25, -0.2) is 13.8 Å². The smallest absolute Gasteiger partial charge is 0.262 e. The van der Waals surface area contributed by atoms with Crippen molar-refractivity contribution in [2.24, 2.45) is 0 Å². The highest BCUT2D eigenvalue weighted by Crippen LogP contribution is 2.14. The molecule has 0 rings (SSSR count). The van der Waals surface area contributed by atoms with E-state index < -0.39 is 9.05 Å². The van der Waals surface area contributed by atoms with E-state index in [-0.39, 0.29) is 10.6 Å². The van der Waals surface area contributed by atoms with Crippen molar-refractivity contribution in [2.75, 3.05) is 7.05 Å². The molecule has 0 saturated carbocycles. The quantitative estimate of drug-likeness (QED) is 0.386. The van der Waals surface area contributed by atoms with Crippen molar-refractivity contribution in [2.45, 2.75) is 0 Å². The molecule has 0 aliphatic carbocycles. The van der Waals surface area contributed by atoms with Crippen LogP contribution in [0.4, 0.5) is 0 Å². The average Bonchev–Trinajstić information content (AvgIpc) is 1.85. The van der Waals surface area contributed by atoms with E-state index in [0.29, 0.717) is 0 Å². The third-order valence-electron chi connectivity index (χ3n) is 0.907. The molecule has 4 nitrogen and oxygen atoms in total. The summed E-state index contributed by atoms with van der Waals surface area (Å²) in [5.41, 5.74) is 5.06. The van der Waals surface area contributed by atoms with Gasteiger partial charge in [0.25, 0.3) is 9.05 Å². The van der Waals surface area contributed by atoms with Gasteiger partial charge in [0.1, 0.15) is 0 Å². The summed E-state index contributed by atoms with van der Waals surface area (Å²) in [7, 11) is 2.78. The number of halogens is 1. The maximum absolute atomic E-state index is 10.6. The molecule has 2 N–H and O–H groups in total.